The molecule has 2 unspecified atom stereocenters. The smallest absolute Gasteiger partial charge is 0.229 e. The fourth-order valence-corrected chi connectivity index (χ4v) is 3.74. The van der Waals surface area contributed by atoms with Gasteiger partial charge in [-0.15, -0.1) is 0 Å². The monoisotopic (exact) mass is 345 g/mol. The Morgan fingerprint density at radius 1 is 1.36 bits per heavy atom. The maximum absolute atomic E-state index is 12.3. The molecule has 5 heteroatoms. The average Bonchev–Trinajstić information content (AvgIpc) is 3.07. The summed E-state index contributed by atoms with van der Waals surface area (Å²) in [6, 6.07) is 6.07. The van der Waals surface area contributed by atoms with Crippen molar-refractivity contribution in [2.45, 2.75) is 44.9 Å². The molecular weight excluding hydrogens is 314 g/mol. The Balaban J connectivity index is 1.49. The first-order valence-electron chi connectivity index (χ1n) is 9.77. The number of hydrogen-bond donors (Lipinski definition) is 3. The number of fused-ring (bicyclic) bond motifs is 1. The van der Waals surface area contributed by atoms with Crippen molar-refractivity contribution in [3.63, 3.8) is 0 Å². The van der Waals surface area contributed by atoms with Gasteiger partial charge in [-0.25, -0.2) is 0 Å². The Hall–Kier alpha value is -1.75. The van der Waals surface area contributed by atoms with Crippen molar-refractivity contribution < 1.29 is 9.53 Å². The van der Waals surface area contributed by atoms with Crippen LogP contribution in [0.1, 0.15) is 50.5 Å². The first-order chi connectivity index (χ1) is 12.3. The zero-order valence-electron chi connectivity index (χ0n) is 15.3. The molecule has 0 spiro atoms. The molecule has 3 rings (SSSR count). The maximum atomic E-state index is 12.3. The van der Waals surface area contributed by atoms with Gasteiger partial charge in [-0.3, -0.25) is 4.79 Å². The van der Waals surface area contributed by atoms with E-state index >= 15 is 0 Å². The first kappa shape index (κ1) is 18.1. The molecule has 1 aromatic carbocycles. The highest BCUT2D eigenvalue weighted by molar-refractivity contribution is 5.88. The minimum absolute atomic E-state index is 0.107. The Labute approximate surface area is 150 Å². The van der Waals surface area contributed by atoms with Gasteiger partial charge in [0.1, 0.15) is 5.75 Å². The second-order valence-corrected chi connectivity index (χ2v) is 7.18. The number of amides is 1. The molecule has 2 aliphatic heterocycles. The second kappa shape index (κ2) is 9.09. The molecule has 2 aliphatic rings. The van der Waals surface area contributed by atoms with Gasteiger partial charge in [0.2, 0.25) is 5.91 Å². The molecule has 0 bridgehead atoms. The Morgan fingerprint density at radius 3 is 3.08 bits per heavy atom. The lowest BCUT2D eigenvalue weighted by Crippen LogP contribution is -2.30. The topological polar surface area (TPSA) is 62.4 Å². The highest BCUT2D eigenvalue weighted by atomic mass is 16.5. The molecule has 5 nitrogen and oxygen atoms in total. The summed E-state index contributed by atoms with van der Waals surface area (Å²) >= 11 is 0. The fraction of sp³-hybridized carbons (Fsp3) is 0.650. The summed E-state index contributed by atoms with van der Waals surface area (Å²) < 4.78 is 5.95. The van der Waals surface area contributed by atoms with E-state index in [9.17, 15) is 4.79 Å². The fourth-order valence-electron chi connectivity index (χ4n) is 3.74. The lowest BCUT2D eigenvalue weighted by molar-refractivity contribution is -0.122. The zero-order chi connectivity index (χ0) is 17.5. The van der Waals surface area contributed by atoms with Crippen LogP contribution in [0.4, 0.5) is 5.69 Å². The third-order valence-electron chi connectivity index (χ3n) is 5.19. The molecule has 138 valence electrons. The number of piperidine rings is 1. The molecule has 0 radical (unpaired) electrons. The largest absolute Gasteiger partial charge is 0.494 e. The van der Waals surface area contributed by atoms with Crippen LogP contribution in [0.3, 0.4) is 0 Å². The lowest BCUT2D eigenvalue weighted by atomic mass is 9.95. The molecule has 0 aliphatic carbocycles. The minimum atomic E-state index is -0.113. The number of carbonyl (C=O) groups is 1. The van der Waals surface area contributed by atoms with E-state index in [1.807, 2.05) is 18.2 Å². The minimum Gasteiger partial charge on any atom is -0.494 e. The van der Waals surface area contributed by atoms with E-state index in [2.05, 4.69) is 22.9 Å². The molecule has 0 saturated carbocycles. The number of benzene rings is 1. The van der Waals surface area contributed by atoms with E-state index in [0.717, 1.165) is 55.5 Å². The van der Waals surface area contributed by atoms with Crippen molar-refractivity contribution in [3.05, 3.63) is 23.8 Å². The molecule has 1 amide bonds. The number of carbonyl (C=O) groups excluding carboxylic acids is 1. The first-order valence-corrected chi connectivity index (χ1v) is 9.77. The number of ether oxygens (including phenoxy) is 1. The Kier molecular flexibility index (Phi) is 6.56. The van der Waals surface area contributed by atoms with Gasteiger partial charge in [0.05, 0.1) is 12.5 Å². The summed E-state index contributed by atoms with van der Waals surface area (Å²) in [7, 11) is 0. The van der Waals surface area contributed by atoms with Crippen LogP contribution in [0.5, 0.6) is 5.75 Å². The third kappa shape index (κ3) is 4.88. The van der Waals surface area contributed by atoms with Crippen LogP contribution in [-0.2, 0) is 4.79 Å². The predicted molar refractivity (Wildman–Crippen MR) is 101 cm³/mol. The van der Waals surface area contributed by atoms with E-state index in [0.29, 0.717) is 6.54 Å². The van der Waals surface area contributed by atoms with Crippen LogP contribution in [0.2, 0.25) is 0 Å². The standard InChI is InChI=1S/C20H31N3O2/c1-2-9-22-20(24)18-14-23-19-8-7-16(12-17(18)19)25-11-4-6-15-5-3-10-21-13-15/h7-8,12,15,18,21,23H,2-6,9-11,13-14H2,1H3,(H,22,24). The van der Waals surface area contributed by atoms with Crippen LogP contribution in [0.25, 0.3) is 0 Å². The SMILES string of the molecule is CCCNC(=O)C1CNc2ccc(OCCCC3CCCNC3)cc21. The summed E-state index contributed by atoms with van der Waals surface area (Å²) in [5.41, 5.74) is 2.11. The summed E-state index contributed by atoms with van der Waals surface area (Å²) in [6.45, 7) is 6.54. The highest BCUT2D eigenvalue weighted by Crippen LogP contribution is 2.34. The summed E-state index contributed by atoms with van der Waals surface area (Å²) in [4.78, 5) is 12.3. The molecule has 25 heavy (non-hydrogen) atoms. The highest BCUT2D eigenvalue weighted by Gasteiger charge is 2.28. The zero-order valence-corrected chi connectivity index (χ0v) is 15.3. The molecule has 3 N–H and O–H groups in total. The molecule has 1 aromatic rings. The summed E-state index contributed by atoms with van der Waals surface area (Å²) in [5, 5.41) is 9.79. The van der Waals surface area contributed by atoms with Crippen LogP contribution in [0.15, 0.2) is 18.2 Å². The van der Waals surface area contributed by atoms with Crippen molar-refractivity contribution in [2.24, 2.45) is 5.92 Å². The van der Waals surface area contributed by atoms with Crippen molar-refractivity contribution in [3.8, 4) is 5.75 Å². The molecule has 2 heterocycles. The van der Waals surface area contributed by atoms with Crippen molar-refractivity contribution in [2.75, 3.05) is 38.1 Å². The third-order valence-corrected chi connectivity index (χ3v) is 5.19. The van der Waals surface area contributed by atoms with Crippen LogP contribution in [0, 0.1) is 5.92 Å². The van der Waals surface area contributed by atoms with Crippen LogP contribution >= 0.6 is 0 Å². The van der Waals surface area contributed by atoms with Gasteiger partial charge in [-0.2, -0.15) is 0 Å². The quantitative estimate of drug-likeness (QED) is 0.634. The van der Waals surface area contributed by atoms with Crippen molar-refractivity contribution >= 4 is 11.6 Å². The van der Waals surface area contributed by atoms with Gasteiger partial charge < -0.3 is 20.7 Å². The van der Waals surface area contributed by atoms with Crippen molar-refractivity contribution in [1.82, 2.24) is 10.6 Å². The number of hydrogen-bond acceptors (Lipinski definition) is 4. The van der Waals surface area contributed by atoms with E-state index in [1.165, 1.54) is 25.8 Å². The number of anilines is 1. The molecule has 1 saturated heterocycles. The Morgan fingerprint density at radius 2 is 2.28 bits per heavy atom. The lowest BCUT2D eigenvalue weighted by Gasteiger charge is -2.22. The van der Waals surface area contributed by atoms with Crippen LogP contribution in [-0.4, -0.2) is 38.7 Å². The number of nitrogens with one attached hydrogen (secondary N) is 3. The second-order valence-electron chi connectivity index (χ2n) is 7.18. The summed E-state index contributed by atoms with van der Waals surface area (Å²) in [5.74, 6) is 1.67. The molecule has 2 atom stereocenters. The Bertz CT molecular complexity index is 570. The van der Waals surface area contributed by atoms with E-state index in [1.54, 1.807) is 0 Å². The van der Waals surface area contributed by atoms with Gasteiger partial charge in [-0.05, 0) is 74.9 Å². The molecular formula is C20H31N3O2. The van der Waals surface area contributed by atoms with Crippen LogP contribution < -0.4 is 20.7 Å². The molecule has 1 fully saturated rings. The van der Waals surface area contributed by atoms with E-state index < -0.39 is 0 Å². The maximum Gasteiger partial charge on any atom is 0.229 e. The van der Waals surface area contributed by atoms with Crippen molar-refractivity contribution in [1.29, 1.82) is 0 Å². The van der Waals surface area contributed by atoms with E-state index in [4.69, 9.17) is 4.74 Å². The van der Waals surface area contributed by atoms with Gasteiger partial charge >= 0.3 is 0 Å². The predicted octanol–water partition coefficient (Wildman–Crippen LogP) is 2.88. The van der Waals surface area contributed by atoms with Gasteiger partial charge in [0, 0.05) is 18.8 Å². The van der Waals surface area contributed by atoms with Gasteiger partial charge in [-0.1, -0.05) is 6.92 Å². The normalized spacial score (nSPS) is 22.1. The molecule has 0 aromatic heterocycles. The summed E-state index contributed by atoms with van der Waals surface area (Å²) in [6.07, 6.45) is 5.90. The van der Waals surface area contributed by atoms with E-state index in [-0.39, 0.29) is 11.8 Å². The number of rotatable bonds is 8. The average molecular weight is 345 g/mol. The van der Waals surface area contributed by atoms with Gasteiger partial charge in [0.25, 0.3) is 0 Å². The van der Waals surface area contributed by atoms with Gasteiger partial charge in [0.15, 0.2) is 0 Å².